The summed E-state index contributed by atoms with van der Waals surface area (Å²) >= 11 is 1.81. The number of carbonyl (C=O) groups excluding carboxylic acids is 1. The van der Waals surface area contributed by atoms with Gasteiger partial charge in [0.1, 0.15) is 11.5 Å². The van der Waals surface area contributed by atoms with E-state index in [2.05, 4.69) is 17.1 Å². The lowest BCUT2D eigenvalue weighted by atomic mass is 9.96. The molecule has 4 rings (SSSR count). The van der Waals surface area contributed by atoms with Gasteiger partial charge in [0.05, 0.1) is 6.04 Å². The molecular weight excluding hydrogens is 442 g/mol. The van der Waals surface area contributed by atoms with Gasteiger partial charge in [-0.15, -0.1) is 12.4 Å². The number of halogens is 1. The minimum absolute atomic E-state index is 0. The molecule has 1 amide bonds. The van der Waals surface area contributed by atoms with Crippen LogP contribution in [0.4, 0.5) is 5.69 Å². The molecule has 1 heterocycles. The van der Waals surface area contributed by atoms with Crippen LogP contribution in [-0.4, -0.2) is 40.4 Å². The molecule has 1 saturated heterocycles. The molecule has 0 bridgehead atoms. The maximum Gasteiger partial charge on any atom is 0.226 e. The van der Waals surface area contributed by atoms with Crippen LogP contribution in [0.5, 0.6) is 11.5 Å². The summed E-state index contributed by atoms with van der Waals surface area (Å²) in [4.78, 5) is 20.0. The summed E-state index contributed by atoms with van der Waals surface area (Å²) in [5.41, 5.74) is 0.787. The van der Waals surface area contributed by atoms with Crippen molar-refractivity contribution in [2.24, 2.45) is 4.99 Å². The molecule has 1 atom stereocenters. The third kappa shape index (κ3) is 6.66. The molecule has 0 radical (unpaired) electrons. The summed E-state index contributed by atoms with van der Waals surface area (Å²) in [6.45, 7) is 3.04. The van der Waals surface area contributed by atoms with Crippen molar-refractivity contribution in [2.75, 3.05) is 17.6 Å². The van der Waals surface area contributed by atoms with Gasteiger partial charge in [-0.25, -0.2) is 0 Å². The number of carbonyl (C=O) groups is 1. The van der Waals surface area contributed by atoms with Crippen molar-refractivity contribution in [3.8, 4) is 11.5 Å². The number of hydrogen-bond donors (Lipinski definition) is 1. The van der Waals surface area contributed by atoms with Gasteiger partial charge in [0.25, 0.3) is 0 Å². The van der Waals surface area contributed by atoms with Crippen molar-refractivity contribution in [2.45, 2.75) is 57.5 Å². The van der Waals surface area contributed by atoms with Crippen molar-refractivity contribution in [1.29, 1.82) is 0 Å². The number of amides is 1. The molecule has 0 spiro atoms. The summed E-state index contributed by atoms with van der Waals surface area (Å²) in [6.07, 6.45) is 6.81. The minimum atomic E-state index is 0. The fourth-order valence-electron chi connectivity index (χ4n) is 4.20. The number of hydrogen-bond acceptors (Lipinski definition) is 4. The second-order valence-electron chi connectivity index (χ2n) is 8.15. The Morgan fingerprint density at radius 1 is 1.06 bits per heavy atom. The third-order valence-corrected chi connectivity index (χ3v) is 6.99. The van der Waals surface area contributed by atoms with Gasteiger partial charge in [0.2, 0.25) is 5.91 Å². The van der Waals surface area contributed by atoms with E-state index in [1.165, 1.54) is 32.1 Å². The Bertz CT molecular complexity index is 886. The first kappa shape index (κ1) is 24.5. The average Bonchev–Trinajstić information content (AvgIpc) is 3.17. The standard InChI is InChI=1S/C25H31N3O2S.ClH/c1-2-28-21(18-31-25(28)27-19-9-5-3-6-10-19)17-24(29)26-20-13-15-23(16-14-20)30-22-11-7-4-8-12-22;/h4,7-8,11-16,19,21H,2-3,5-6,9-10,17-18H2,1H3,(H,26,29);1H/b27-25-;. The van der Waals surface area contributed by atoms with E-state index in [0.717, 1.165) is 34.7 Å². The van der Waals surface area contributed by atoms with Crippen LogP contribution >= 0.6 is 24.2 Å². The van der Waals surface area contributed by atoms with Gasteiger partial charge in [-0.3, -0.25) is 9.79 Å². The second-order valence-corrected chi connectivity index (χ2v) is 9.13. The van der Waals surface area contributed by atoms with Crippen LogP contribution in [0.15, 0.2) is 59.6 Å². The van der Waals surface area contributed by atoms with Gasteiger partial charge in [-0.1, -0.05) is 49.2 Å². The quantitative estimate of drug-likeness (QED) is 0.508. The van der Waals surface area contributed by atoms with Crippen LogP contribution in [0, 0.1) is 0 Å². The maximum atomic E-state index is 12.7. The van der Waals surface area contributed by atoms with Crippen molar-refractivity contribution in [3.63, 3.8) is 0 Å². The van der Waals surface area contributed by atoms with E-state index in [0.29, 0.717) is 12.5 Å². The van der Waals surface area contributed by atoms with Gasteiger partial charge >= 0.3 is 0 Å². The number of nitrogens with one attached hydrogen (secondary N) is 1. The zero-order valence-electron chi connectivity index (χ0n) is 18.5. The van der Waals surface area contributed by atoms with E-state index in [-0.39, 0.29) is 24.4 Å². The molecule has 1 aliphatic heterocycles. The lowest BCUT2D eigenvalue weighted by molar-refractivity contribution is -0.116. The molecule has 2 aromatic rings. The number of para-hydroxylation sites is 1. The molecule has 5 nitrogen and oxygen atoms in total. The Balaban J connectivity index is 0.00000289. The van der Waals surface area contributed by atoms with Gasteiger partial charge < -0.3 is 15.0 Å². The first-order chi connectivity index (χ1) is 15.2. The van der Waals surface area contributed by atoms with Crippen molar-refractivity contribution < 1.29 is 9.53 Å². The fraction of sp³-hybridized carbons (Fsp3) is 0.440. The lowest BCUT2D eigenvalue weighted by Crippen LogP contribution is -2.37. The number of anilines is 1. The highest BCUT2D eigenvalue weighted by molar-refractivity contribution is 8.14. The van der Waals surface area contributed by atoms with Crippen LogP contribution in [0.2, 0.25) is 0 Å². The largest absolute Gasteiger partial charge is 0.457 e. The zero-order valence-corrected chi connectivity index (χ0v) is 20.2. The normalized spacial score (nSPS) is 20.1. The predicted molar refractivity (Wildman–Crippen MR) is 136 cm³/mol. The average molecular weight is 474 g/mol. The molecule has 1 aliphatic carbocycles. The van der Waals surface area contributed by atoms with E-state index >= 15 is 0 Å². The lowest BCUT2D eigenvalue weighted by Gasteiger charge is -2.26. The van der Waals surface area contributed by atoms with Crippen LogP contribution in [-0.2, 0) is 4.79 Å². The fourth-order valence-corrected chi connectivity index (χ4v) is 5.50. The highest BCUT2D eigenvalue weighted by Gasteiger charge is 2.31. The molecule has 1 N–H and O–H groups in total. The SMILES string of the molecule is CCN1/C(=N/C2CCCCC2)SCC1CC(=O)Nc1ccc(Oc2ccccc2)cc1.Cl. The molecule has 2 aliphatic rings. The highest BCUT2D eigenvalue weighted by atomic mass is 35.5. The first-order valence-electron chi connectivity index (χ1n) is 11.3. The molecule has 0 aromatic heterocycles. The number of thioether (sulfide) groups is 1. The van der Waals surface area contributed by atoms with Gasteiger partial charge in [-0.05, 0) is 56.2 Å². The number of amidine groups is 1. The Morgan fingerprint density at radius 2 is 1.75 bits per heavy atom. The highest BCUT2D eigenvalue weighted by Crippen LogP contribution is 2.29. The summed E-state index contributed by atoms with van der Waals surface area (Å²) in [5, 5.41) is 4.16. The number of nitrogens with zero attached hydrogens (tertiary/aromatic N) is 2. The van der Waals surface area contributed by atoms with Gasteiger partial charge in [0, 0.05) is 30.4 Å². The topological polar surface area (TPSA) is 53.9 Å². The number of benzene rings is 2. The van der Waals surface area contributed by atoms with E-state index in [4.69, 9.17) is 9.73 Å². The smallest absolute Gasteiger partial charge is 0.226 e. The van der Waals surface area contributed by atoms with Crippen LogP contribution < -0.4 is 10.1 Å². The first-order valence-corrected chi connectivity index (χ1v) is 12.3. The van der Waals surface area contributed by atoms with Gasteiger partial charge in [0.15, 0.2) is 5.17 Å². The molecule has 1 unspecified atom stereocenters. The second kappa shape index (κ2) is 12.2. The Hall–Kier alpha value is -2.18. The number of rotatable bonds is 7. The molecule has 7 heteroatoms. The summed E-state index contributed by atoms with van der Waals surface area (Å²) in [7, 11) is 0. The molecule has 2 fully saturated rings. The molecule has 172 valence electrons. The third-order valence-electron chi connectivity index (χ3n) is 5.84. The number of ether oxygens (including phenoxy) is 1. The summed E-state index contributed by atoms with van der Waals surface area (Å²) in [6, 6.07) is 17.9. The summed E-state index contributed by atoms with van der Waals surface area (Å²) in [5.74, 6) is 2.51. The van der Waals surface area contributed by atoms with Gasteiger partial charge in [-0.2, -0.15) is 0 Å². The zero-order chi connectivity index (χ0) is 21.5. The van der Waals surface area contributed by atoms with Crippen LogP contribution in [0.3, 0.4) is 0 Å². The van der Waals surface area contributed by atoms with Crippen molar-refractivity contribution >= 4 is 40.9 Å². The van der Waals surface area contributed by atoms with Crippen LogP contribution in [0.1, 0.15) is 45.4 Å². The Morgan fingerprint density at radius 3 is 2.44 bits per heavy atom. The Labute approximate surface area is 201 Å². The van der Waals surface area contributed by atoms with E-state index in [1.54, 1.807) is 0 Å². The molecule has 2 aromatic carbocycles. The van der Waals surface area contributed by atoms with E-state index < -0.39 is 0 Å². The van der Waals surface area contributed by atoms with Crippen molar-refractivity contribution in [1.82, 2.24) is 4.90 Å². The predicted octanol–water partition coefficient (Wildman–Crippen LogP) is 6.36. The summed E-state index contributed by atoms with van der Waals surface area (Å²) < 4.78 is 5.81. The van der Waals surface area contributed by atoms with E-state index in [9.17, 15) is 4.79 Å². The maximum absolute atomic E-state index is 12.7. The molecular formula is C25H32ClN3O2S. The molecule has 32 heavy (non-hydrogen) atoms. The van der Waals surface area contributed by atoms with Crippen LogP contribution in [0.25, 0.3) is 0 Å². The minimum Gasteiger partial charge on any atom is -0.457 e. The Kier molecular flexibility index (Phi) is 9.30. The molecule has 1 saturated carbocycles. The van der Waals surface area contributed by atoms with E-state index in [1.807, 2.05) is 66.4 Å². The van der Waals surface area contributed by atoms with Crippen molar-refractivity contribution in [3.05, 3.63) is 54.6 Å². The number of aliphatic imine (C=N–C) groups is 1. The monoisotopic (exact) mass is 473 g/mol.